The molecule has 156 valence electrons. The minimum atomic E-state index is -0.112. The summed E-state index contributed by atoms with van der Waals surface area (Å²) in [5.41, 5.74) is 0.489. The normalized spacial score (nSPS) is 13.6. The molecule has 0 unspecified atom stereocenters. The third-order valence-electron chi connectivity index (χ3n) is 4.28. The maximum Gasteiger partial charge on any atom is 0.254 e. The Balaban J connectivity index is 1.71. The van der Waals surface area contributed by atoms with Gasteiger partial charge in [0.2, 0.25) is 11.6 Å². The third-order valence-corrected chi connectivity index (χ3v) is 4.50. The van der Waals surface area contributed by atoms with Crippen molar-refractivity contribution in [3.63, 3.8) is 0 Å². The Kier molecular flexibility index (Phi) is 7.04. The highest BCUT2D eigenvalue weighted by atomic mass is 35.5. The van der Waals surface area contributed by atoms with E-state index in [1.165, 1.54) is 6.20 Å². The summed E-state index contributed by atoms with van der Waals surface area (Å²) in [6.07, 6.45) is 1.43. The lowest BCUT2D eigenvalue weighted by Crippen LogP contribution is -2.56. The van der Waals surface area contributed by atoms with Crippen LogP contribution in [0.5, 0.6) is 23.1 Å². The van der Waals surface area contributed by atoms with E-state index in [0.717, 1.165) is 0 Å². The summed E-state index contributed by atoms with van der Waals surface area (Å²) in [6.45, 7) is 7.99. The van der Waals surface area contributed by atoms with Crippen molar-refractivity contribution in [1.82, 2.24) is 9.88 Å². The standard InChI is InChI=1S/C21H25ClN2O5/c1-4-26-17-9-14(10-18(27-5-2)20(17)28-6-3)21(25)24-12-16(13-24)29-19-8-7-15(22)11-23-19/h7-11,16H,4-6,12-13H2,1-3H3. The van der Waals surface area contributed by atoms with Gasteiger partial charge in [-0.05, 0) is 39.0 Å². The molecular formula is C21H25ClN2O5. The highest BCUT2D eigenvalue weighted by Crippen LogP contribution is 2.39. The van der Waals surface area contributed by atoms with Crippen molar-refractivity contribution in [2.24, 2.45) is 0 Å². The van der Waals surface area contributed by atoms with Crippen molar-refractivity contribution >= 4 is 17.5 Å². The average Bonchev–Trinajstić information content (AvgIpc) is 2.68. The van der Waals surface area contributed by atoms with Crippen LogP contribution in [-0.2, 0) is 0 Å². The topological polar surface area (TPSA) is 70.1 Å². The van der Waals surface area contributed by atoms with E-state index in [0.29, 0.717) is 66.6 Å². The van der Waals surface area contributed by atoms with Gasteiger partial charge in [-0.1, -0.05) is 11.6 Å². The maximum absolute atomic E-state index is 12.9. The molecule has 2 aromatic rings. The number of hydrogen-bond donors (Lipinski definition) is 0. The predicted octanol–water partition coefficient (Wildman–Crippen LogP) is 3.83. The molecule has 0 N–H and O–H groups in total. The van der Waals surface area contributed by atoms with Crippen molar-refractivity contribution in [1.29, 1.82) is 0 Å². The third kappa shape index (κ3) is 5.03. The number of hydrogen-bond acceptors (Lipinski definition) is 6. The molecule has 8 heteroatoms. The summed E-state index contributed by atoms with van der Waals surface area (Å²) in [4.78, 5) is 18.8. The number of aromatic nitrogens is 1. The number of halogens is 1. The second-order valence-corrected chi connectivity index (χ2v) is 6.80. The van der Waals surface area contributed by atoms with Crippen LogP contribution in [0.3, 0.4) is 0 Å². The van der Waals surface area contributed by atoms with Gasteiger partial charge >= 0.3 is 0 Å². The second kappa shape index (κ2) is 9.69. The van der Waals surface area contributed by atoms with E-state index < -0.39 is 0 Å². The van der Waals surface area contributed by atoms with Crippen LogP contribution in [0.15, 0.2) is 30.5 Å². The van der Waals surface area contributed by atoms with Crippen LogP contribution in [0.1, 0.15) is 31.1 Å². The molecular weight excluding hydrogens is 396 g/mol. The maximum atomic E-state index is 12.9. The molecule has 0 spiro atoms. The minimum Gasteiger partial charge on any atom is -0.490 e. The fourth-order valence-electron chi connectivity index (χ4n) is 2.98. The first-order chi connectivity index (χ1) is 14.0. The number of pyridine rings is 1. The van der Waals surface area contributed by atoms with Crippen LogP contribution in [0.4, 0.5) is 0 Å². The minimum absolute atomic E-state index is 0.104. The number of amides is 1. The SMILES string of the molecule is CCOc1cc(C(=O)N2CC(Oc3ccc(Cl)cn3)C2)cc(OCC)c1OCC. The number of benzene rings is 1. The Morgan fingerprint density at radius 1 is 1.07 bits per heavy atom. The van der Waals surface area contributed by atoms with Crippen molar-refractivity contribution in [3.05, 3.63) is 41.0 Å². The summed E-state index contributed by atoms with van der Waals surface area (Å²) in [6, 6.07) is 6.83. The summed E-state index contributed by atoms with van der Waals surface area (Å²) < 4.78 is 22.8. The molecule has 3 rings (SSSR count). The van der Waals surface area contributed by atoms with Gasteiger partial charge in [0, 0.05) is 17.8 Å². The molecule has 29 heavy (non-hydrogen) atoms. The first kappa shape index (κ1) is 21.0. The van der Waals surface area contributed by atoms with Crippen LogP contribution >= 0.6 is 11.6 Å². The fraction of sp³-hybridized carbons (Fsp3) is 0.429. The van der Waals surface area contributed by atoms with E-state index >= 15 is 0 Å². The van der Waals surface area contributed by atoms with Crippen molar-refractivity contribution in [2.45, 2.75) is 26.9 Å². The van der Waals surface area contributed by atoms with E-state index in [4.69, 9.17) is 30.5 Å². The van der Waals surface area contributed by atoms with Crippen molar-refractivity contribution in [3.8, 4) is 23.1 Å². The molecule has 1 saturated heterocycles. The van der Waals surface area contributed by atoms with Gasteiger partial charge in [0.05, 0.1) is 37.9 Å². The molecule has 0 atom stereocenters. The molecule has 0 bridgehead atoms. The fourth-order valence-corrected chi connectivity index (χ4v) is 3.09. The van der Waals surface area contributed by atoms with Gasteiger partial charge in [-0.2, -0.15) is 0 Å². The zero-order valence-electron chi connectivity index (χ0n) is 16.8. The summed E-state index contributed by atoms with van der Waals surface area (Å²) >= 11 is 5.83. The molecule has 1 fully saturated rings. The highest BCUT2D eigenvalue weighted by molar-refractivity contribution is 6.30. The number of rotatable bonds is 9. The van der Waals surface area contributed by atoms with Crippen LogP contribution in [-0.4, -0.2) is 54.8 Å². The summed E-state index contributed by atoms with van der Waals surface area (Å²) in [5.74, 6) is 1.90. The van der Waals surface area contributed by atoms with E-state index in [1.54, 1.807) is 29.2 Å². The first-order valence-corrected chi connectivity index (χ1v) is 10.1. The quantitative estimate of drug-likeness (QED) is 0.614. The smallest absolute Gasteiger partial charge is 0.254 e. The largest absolute Gasteiger partial charge is 0.490 e. The summed E-state index contributed by atoms with van der Waals surface area (Å²) in [7, 11) is 0. The van der Waals surface area contributed by atoms with Crippen molar-refractivity contribution < 1.29 is 23.7 Å². The zero-order chi connectivity index (χ0) is 20.8. The van der Waals surface area contributed by atoms with Gasteiger partial charge < -0.3 is 23.8 Å². The number of likely N-dealkylation sites (tertiary alicyclic amines) is 1. The molecule has 1 amide bonds. The first-order valence-electron chi connectivity index (χ1n) is 9.69. The van der Waals surface area contributed by atoms with E-state index in [1.807, 2.05) is 20.8 Å². The molecule has 2 heterocycles. The molecule has 1 aromatic carbocycles. The molecule has 1 aromatic heterocycles. The molecule has 0 saturated carbocycles. The Morgan fingerprint density at radius 3 is 2.21 bits per heavy atom. The Morgan fingerprint density at radius 2 is 1.69 bits per heavy atom. The van der Waals surface area contributed by atoms with Gasteiger partial charge in [-0.25, -0.2) is 4.98 Å². The lowest BCUT2D eigenvalue weighted by Gasteiger charge is -2.38. The van der Waals surface area contributed by atoms with Crippen LogP contribution in [0.2, 0.25) is 5.02 Å². The molecule has 1 aliphatic heterocycles. The van der Waals surface area contributed by atoms with Crippen LogP contribution < -0.4 is 18.9 Å². The predicted molar refractivity (Wildman–Crippen MR) is 110 cm³/mol. The molecule has 1 aliphatic rings. The molecule has 0 radical (unpaired) electrons. The monoisotopic (exact) mass is 420 g/mol. The number of carbonyl (C=O) groups excluding carboxylic acids is 1. The number of carbonyl (C=O) groups is 1. The van der Waals surface area contributed by atoms with E-state index in [2.05, 4.69) is 4.98 Å². The lowest BCUT2D eigenvalue weighted by atomic mass is 10.1. The van der Waals surface area contributed by atoms with Crippen LogP contribution in [0.25, 0.3) is 0 Å². The highest BCUT2D eigenvalue weighted by Gasteiger charge is 2.34. The van der Waals surface area contributed by atoms with Gasteiger partial charge in [0.25, 0.3) is 5.91 Å². The van der Waals surface area contributed by atoms with Gasteiger partial charge in [-0.15, -0.1) is 0 Å². The number of ether oxygens (including phenoxy) is 4. The van der Waals surface area contributed by atoms with Gasteiger partial charge in [0.1, 0.15) is 6.10 Å². The van der Waals surface area contributed by atoms with E-state index in [-0.39, 0.29) is 12.0 Å². The zero-order valence-corrected chi connectivity index (χ0v) is 17.6. The Bertz CT molecular complexity index is 810. The summed E-state index contributed by atoms with van der Waals surface area (Å²) in [5, 5.41) is 0.550. The average molecular weight is 421 g/mol. The van der Waals surface area contributed by atoms with E-state index in [9.17, 15) is 4.79 Å². The lowest BCUT2D eigenvalue weighted by molar-refractivity contribution is 0.0159. The van der Waals surface area contributed by atoms with Gasteiger partial charge in [-0.3, -0.25) is 4.79 Å². The number of nitrogens with zero attached hydrogens (tertiary/aromatic N) is 2. The van der Waals surface area contributed by atoms with Crippen LogP contribution in [0, 0.1) is 0 Å². The second-order valence-electron chi connectivity index (χ2n) is 6.37. The van der Waals surface area contributed by atoms with Crippen molar-refractivity contribution in [2.75, 3.05) is 32.9 Å². The Labute approximate surface area is 175 Å². The molecule has 7 nitrogen and oxygen atoms in total. The van der Waals surface area contributed by atoms with Gasteiger partial charge in [0.15, 0.2) is 11.5 Å². The molecule has 0 aliphatic carbocycles. The Hall–Kier alpha value is -2.67.